The molecule has 0 unspecified atom stereocenters. The third-order valence-electron chi connectivity index (χ3n) is 2.20. The first-order valence-corrected chi connectivity index (χ1v) is 5.02. The molecular weight excluding hydrogens is 238 g/mol. The molecular formula is C13H8F2N2O. The average Bonchev–Trinajstić information content (AvgIpc) is 2.30. The summed E-state index contributed by atoms with van der Waals surface area (Å²) < 4.78 is 31.2. The van der Waals surface area contributed by atoms with Gasteiger partial charge in [0, 0.05) is 18.2 Å². The highest BCUT2D eigenvalue weighted by Crippen LogP contribution is 2.28. The van der Waals surface area contributed by atoms with Crippen LogP contribution in [0.15, 0.2) is 36.4 Å². The van der Waals surface area contributed by atoms with Gasteiger partial charge < -0.3 is 10.5 Å². The van der Waals surface area contributed by atoms with Crippen molar-refractivity contribution in [1.29, 1.82) is 5.26 Å². The molecule has 0 saturated heterocycles. The maximum absolute atomic E-state index is 13.0. The fraction of sp³-hybridized carbons (Fsp3) is 0. The summed E-state index contributed by atoms with van der Waals surface area (Å²) in [6, 6.07) is 9.14. The number of nitrogen functional groups attached to an aromatic ring is 1. The number of benzene rings is 2. The molecule has 0 aliphatic heterocycles. The van der Waals surface area contributed by atoms with E-state index in [0.717, 1.165) is 18.2 Å². The van der Waals surface area contributed by atoms with Gasteiger partial charge in [-0.1, -0.05) is 0 Å². The van der Waals surface area contributed by atoms with E-state index in [1.54, 1.807) is 0 Å². The average molecular weight is 246 g/mol. The Kier molecular flexibility index (Phi) is 3.11. The van der Waals surface area contributed by atoms with E-state index in [1.165, 1.54) is 18.2 Å². The molecule has 0 saturated carbocycles. The minimum absolute atomic E-state index is 0.00362. The van der Waals surface area contributed by atoms with Crippen LogP contribution in [0.3, 0.4) is 0 Å². The Hall–Kier alpha value is -2.61. The van der Waals surface area contributed by atoms with Gasteiger partial charge in [-0.3, -0.25) is 0 Å². The third-order valence-corrected chi connectivity index (χ3v) is 2.20. The van der Waals surface area contributed by atoms with Crippen LogP contribution in [0.1, 0.15) is 5.56 Å². The summed E-state index contributed by atoms with van der Waals surface area (Å²) in [7, 11) is 0. The maximum Gasteiger partial charge on any atom is 0.150 e. The van der Waals surface area contributed by atoms with E-state index in [2.05, 4.69) is 0 Å². The Balaban J connectivity index is 2.31. The Morgan fingerprint density at radius 3 is 2.28 bits per heavy atom. The number of nitrogens with zero attached hydrogens (tertiary/aromatic N) is 1. The van der Waals surface area contributed by atoms with Gasteiger partial charge in [0.25, 0.3) is 0 Å². The number of rotatable bonds is 2. The van der Waals surface area contributed by atoms with Crippen LogP contribution in [0.2, 0.25) is 0 Å². The largest absolute Gasteiger partial charge is 0.455 e. The Morgan fingerprint density at radius 2 is 1.72 bits per heavy atom. The molecule has 0 heterocycles. The SMILES string of the molecule is N#Cc1ccc(Oc2cc(F)cc(F)c2)c(N)c1. The Morgan fingerprint density at radius 1 is 1.06 bits per heavy atom. The van der Waals surface area contributed by atoms with Crippen LogP contribution in [0.5, 0.6) is 11.5 Å². The minimum atomic E-state index is -0.739. The molecule has 0 atom stereocenters. The molecule has 0 radical (unpaired) electrons. The van der Waals surface area contributed by atoms with E-state index in [4.69, 9.17) is 15.7 Å². The zero-order valence-corrected chi connectivity index (χ0v) is 9.15. The summed E-state index contributed by atoms with van der Waals surface area (Å²) in [5.74, 6) is -1.24. The van der Waals surface area contributed by atoms with Crippen molar-refractivity contribution in [1.82, 2.24) is 0 Å². The van der Waals surface area contributed by atoms with Gasteiger partial charge in [-0.05, 0) is 18.2 Å². The first-order valence-electron chi connectivity index (χ1n) is 5.02. The monoisotopic (exact) mass is 246 g/mol. The van der Waals surface area contributed by atoms with Gasteiger partial charge in [0.15, 0.2) is 0 Å². The molecule has 0 aromatic heterocycles. The predicted octanol–water partition coefficient (Wildman–Crippen LogP) is 3.21. The molecule has 0 aliphatic carbocycles. The van der Waals surface area contributed by atoms with Crippen molar-refractivity contribution < 1.29 is 13.5 Å². The lowest BCUT2D eigenvalue weighted by atomic mass is 10.2. The number of anilines is 1. The van der Waals surface area contributed by atoms with Crippen molar-refractivity contribution in [2.24, 2.45) is 0 Å². The van der Waals surface area contributed by atoms with E-state index in [9.17, 15) is 8.78 Å². The van der Waals surface area contributed by atoms with Crippen molar-refractivity contribution in [3.8, 4) is 17.6 Å². The summed E-state index contributed by atoms with van der Waals surface area (Å²) in [6.07, 6.45) is 0. The molecule has 0 fully saturated rings. The maximum atomic E-state index is 13.0. The first-order chi connectivity index (χ1) is 8.58. The Bertz CT molecular complexity index is 615. The standard InChI is InChI=1S/C13H8F2N2O/c14-9-4-10(15)6-11(5-9)18-13-2-1-8(7-16)3-12(13)17/h1-6H,17H2. The van der Waals surface area contributed by atoms with Crippen molar-refractivity contribution in [2.75, 3.05) is 5.73 Å². The minimum Gasteiger partial charge on any atom is -0.455 e. The molecule has 2 rings (SSSR count). The second kappa shape index (κ2) is 4.72. The number of nitriles is 1. The number of halogens is 2. The highest BCUT2D eigenvalue weighted by molar-refractivity contribution is 5.57. The van der Waals surface area contributed by atoms with Crippen LogP contribution < -0.4 is 10.5 Å². The van der Waals surface area contributed by atoms with E-state index >= 15 is 0 Å². The van der Waals surface area contributed by atoms with Crippen molar-refractivity contribution in [3.63, 3.8) is 0 Å². The van der Waals surface area contributed by atoms with Crippen LogP contribution in [0.25, 0.3) is 0 Å². The number of hydrogen-bond acceptors (Lipinski definition) is 3. The highest BCUT2D eigenvalue weighted by Gasteiger charge is 2.06. The molecule has 3 nitrogen and oxygen atoms in total. The van der Waals surface area contributed by atoms with Crippen molar-refractivity contribution in [2.45, 2.75) is 0 Å². The van der Waals surface area contributed by atoms with Gasteiger partial charge >= 0.3 is 0 Å². The molecule has 2 aromatic carbocycles. The van der Waals surface area contributed by atoms with Crippen LogP contribution in [0.4, 0.5) is 14.5 Å². The van der Waals surface area contributed by atoms with Crippen molar-refractivity contribution >= 4 is 5.69 Å². The second-order valence-electron chi connectivity index (χ2n) is 3.57. The molecule has 5 heteroatoms. The van der Waals surface area contributed by atoms with Gasteiger partial charge in [0.05, 0.1) is 17.3 Å². The molecule has 0 aliphatic rings. The van der Waals surface area contributed by atoms with E-state index in [1.807, 2.05) is 6.07 Å². The van der Waals surface area contributed by atoms with Crippen LogP contribution >= 0.6 is 0 Å². The normalized spacial score (nSPS) is 9.83. The summed E-state index contributed by atoms with van der Waals surface area (Å²) in [5, 5.41) is 8.67. The molecule has 2 N–H and O–H groups in total. The quantitative estimate of drug-likeness (QED) is 0.827. The molecule has 0 spiro atoms. The zero-order valence-electron chi connectivity index (χ0n) is 9.15. The topological polar surface area (TPSA) is 59.0 Å². The van der Waals surface area contributed by atoms with Gasteiger partial charge in [-0.15, -0.1) is 0 Å². The van der Waals surface area contributed by atoms with Gasteiger partial charge in [-0.25, -0.2) is 8.78 Å². The third kappa shape index (κ3) is 2.55. The van der Waals surface area contributed by atoms with E-state index in [-0.39, 0.29) is 17.2 Å². The van der Waals surface area contributed by atoms with Crippen LogP contribution in [0, 0.1) is 23.0 Å². The number of ether oxygens (including phenoxy) is 1. The summed E-state index contributed by atoms with van der Waals surface area (Å²) in [4.78, 5) is 0. The number of nitrogens with two attached hydrogens (primary N) is 1. The fourth-order valence-electron chi connectivity index (χ4n) is 1.43. The summed E-state index contributed by atoms with van der Waals surface area (Å²) >= 11 is 0. The summed E-state index contributed by atoms with van der Waals surface area (Å²) in [6.45, 7) is 0. The first kappa shape index (κ1) is 11.9. The molecule has 18 heavy (non-hydrogen) atoms. The van der Waals surface area contributed by atoms with E-state index < -0.39 is 11.6 Å². The summed E-state index contributed by atoms with van der Waals surface area (Å²) in [5.41, 5.74) is 6.26. The second-order valence-corrected chi connectivity index (χ2v) is 3.57. The smallest absolute Gasteiger partial charge is 0.150 e. The molecule has 90 valence electrons. The lowest BCUT2D eigenvalue weighted by molar-refractivity contribution is 0.470. The van der Waals surface area contributed by atoms with Crippen molar-refractivity contribution in [3.05, 3.63) is 53.6 Å². The lowest BCUT2D eigenvalue weighted by Crippen LogP contribution is -1.94. The van der Waals surface area contributed by atoms with E-state index in [0.29, 0.717) is 5.56 Å². The van der Waals surface area contributed by atoms with Gasteiger partial charge in [0.2, 0.25) is 0 Å². The van der Waals surface area contributed by atoms with Gasteiger partial charge in [-0.2, -0.15) is 5.26 Å². The van der Waals surface area contributed by atoms with Gasteiger partial charge in [0.1, 0.15) is 23.1 Å². The highest BCUT2D eigenvalue weighted by atomic mass is 19.1. The number of hydrogen-bond donors (Lipinski definition) is 1. The van der Waals surface area contributed by atoms with Crippen LogP contribution in [-0.4, -0.2) is 0 Å². The molecule has 2 aromatic rings. The fourth-order valence-corrected chi connectivity index (χ4v) is 1.43. The Labute approximate surface area is 102 Å². The van der Waals surface area contributed by atoms with Crippen LogP contribution in [-0.2, 0) is 0 Å². The zero-order chi connectivity index (χ0) is 13.1. The molecule has 0 bridgehead atoms. The predicted molar refractivity (Wildman–Crippen MR) is 62.0 cm³/mol. The molecule has 0 amide bonds. The lowest BCUT2D eigenvalue weighted by Gasteiger charge is -2.08.